The van der Waals surface area contributed by atoms with E-state index < -0.39 is 0 Å². The summed E-state index contributed by atoms with van der Waals surface area (Å²) in [7, 11) is 1.91. The molecule has 0 aromatic rings. The van der Waals surface area contributed by atoms with E-state index in [0.29, 0.717) is 35.6 Å². The summed E-state index contributed by atoms with van der Waals surface area (Å²) in [6.07, 6.45) is 8.39. The Balaban J connectivity index is 1.22. The van der Waals surface area contributed by atoms with Gasteiger partial charge >= 0.3 is 0 Å². The largest absolute Gasteiger partial charge is 0.377 e. The van der Waals surface area contributed by atoms with Crippen LogP contribution in [0.5, 0.6) is 0 Å². The van der Waals surface area contributed by atoms with E-state index in [9.17, 15) is 0 Å². The predicted octanol–water partition coefficient (Wildman–Crippen LogP) is 2.00. The minimum absolute atomic E-state index is 0.328. The molecule has 2 aliphatic heterocycles. The standard InChI is InChI=1S/C21H38N4O2/c1-15(2)26-14-12-25-10-5-16(6-11-25)23-20(22-3)24-18-17-7-13-27-19(17)21(18)8-4-9-21/h15-19H,4-14H2,1-3H3,(H2,22,23,24). The molecule has 6 nitrogen and oxygen atoms in total. The van der Waals surface area contributed by atoms with Crippen LogP contribution in [0.1, 0.15) is 52.4 Å². The average Bonchev–Trinajstić information content (AvgIpc) is 3.03. The van der Waals surface area contributed by atoms with Crippen molar-refractivity contribution in [2.24, 2.45) is 16.3 Å². The molecule has 4 aliphatic rings. The van der Waals surface area contributed by atoms with E-state index >= 15 is 0 Å². The Labute approximate surface area is 164 Å². The molecule has 3 unspecified atom stereocenters. The molecule has 2 saturated heterocycles. The summed E-state index contributed by atoms with van der Waals surface area (Å²) >= 11 is 0. The zero-order valence-corrected chi connectivity index (χ0v) is 17.4. The normalized spacial score (nSPS) is 33.6. The Morgan fingerprint density at radius 1 is 1.22 bits per heavy atom. The van der Waals surface area contributed by atoms with Crippen molar-refractivity contribution in [1.29, 1.82) is 0 Å². The number of piperidine rings is 1. The lowest BCUT2D eigenvalue weighted by molar-refractivity contribution is -0.171. The van der Waals surface area contributed by atoms with E-state index in [1.165, 1.54) is 38.5 Å². The van der Waals surface area contributed by atoms with Gasteiger partial charge in [0.1, 0.15) is 0 Å². The van der Waals surface area contributed by atoms with Crippen molar-refractivity contribution in [3.05, 3.63) is 0 Å². The highest BCUT2D eigenvalue weighted by molar-refractivity contribution is 5.80. The third kappa shape index (κ3) is 3.85. The first-order valence-electron chi connectivity index (χ1n) is 11.1. The van der Waals surface area contributed by atoms with Crippen molar-refractivity contribution in [1.82, 2.24) is 15.5 Å². The molecule has 1 spiro atoms. The number of aliphatic imine (C=N–C) groups is 1. The van der Waals surface area contributed by atoms with E-state index in [1.54, 1.807) is 0 Å². The fourth-order valence-electron chi connectivity index (χ4n) is 5.69. The van der Waals surface area contributed by atoms with E-state index in [4.69, 9.17) is 9.47 Å². The quantitative estimate of drug-likeness (QED) is 0.547. The summed E-state index contributed by atoms with van der Waals surface area (Å²) in [5.41, 5.74) is 0.401. The smallest absolute Gasteiger partial charge is 0.191 e. The Morgan fingerprint density at radius 3 is 2.63 bits per heavy atom. The monoisotopic (exact) mass is 378 g/mol. The first-order chi connectivity index (χ1) is 13.1. The third-order valence-electron chi connectivity index (χ3n) is 7.34. The number of ether oxygens (including phenoxy) is 2. The molecule has 3 atom stereocenters. The van der Waals surface area contributed by atoms with Crippen LogP contribution in [-0.2, 0) is 9.47 Å². The summed E-state index contributed by atoms with van der Waals surface area (Å²) in [6.45, 7) is 9.32. The zero-order valence-electron chi connectivity index (χ0n) is 17.4. The van der Waals surface area contributed by atoms with E-state index in [-0.39, 0.29) is 0 Å². The van der Waals surface area contributed by atoms with Crippen LogP contribution in [-0.4, -0.2) is 75.0 Å². The molecule has 154 valence electrons. The zero-order chi connectivity index (χ0) is 18.9. The number of hydrogen-bond acceptors (Lipinski definition) is 4. The van der Waals surface area contributed by atoms with Crippen LogP contribution in [0.25, 0.3) is 0 Å². The van der Waals surface area contributed by atoms with Gasteiger partial charge in [-0.2, -0.15) is 0 Å². The molecule has 4 rings (SSSR count). The Bertz CT molecular complexity index is 526. The highest BCUT2D eigenvalue weighted by Crippen LogP contribution is 2.62. The Kier molecular flexibility index (Phi) is 5.95. The maximum absolute atomic E-state index is 6.05. The van der Waals surface area contributed by atoms with Gasteiger partial charge < -0.3 is 25.0 Å². The molecular formula is C21H38N4O2. The van der Waals surface area contributed by atoms with Gasteiger partial charge in [0.05, 0.1) is 18.8 Å². The maximum Gasteiger partial charge on any atom is 0.191 e. The molecular weight excluding hydrogens is 340 g/mol. The van der Waals surface area contributed by atoms with Crippen molar-refractivity contribution >= 4 is 5.96 Å². The number of likely N-dealkylation sites (tertiary alicyclic amines) is 1. The second kappa shape index (κ2) is 8.26. The molecule has 2 saturated carbocycles. The third-order valence-corrected chi connectivity index (χ3v) is 7.34. The molecule has 0 bridgehead atoms. The van der Waals surface area contributed by atoms with Crippen LogP contribution in [0.15, 0.2) is 4.99 Å². The van der Waals surface area contributed by atoms with Crippen LogP contribution in [0.4, 0.5) is 0 Å². The first kappa shape index (κ1) is 19.5. The van der Waals surface area contributed by atoms with Gasteiger partial charge in [0.25, 0.3) is 0 Å². The summed E-state index contributed by atoms with van der Waals surface area (Å²) in [4.78, 5) is 7.07. The molecule has 2 N–H and O–H groups in total. The highest BCUT2D eigenvalue weighted by atomic mass is 16.5. The summed E-state index contributed by atoms with van der Waals surface area (Å²) in [6, 6.07) is 1.07. The van der Waals surface area contributed by atoms with Crippen molar-refractivity contribution < 1.29 is 9.47 Å². The lowest BCUT2D eigenvalue weighted by Gasteiger charge is -2.63. The van der Waals surface area contributed by atoms with Crippen LogP contribution >= 0.6 is 0 Å². The maximum atomic E-state index is 6.05. The van der Waals surface area contributed by atoms with Crippen LogP contribution in [0.3, 0.4) is 0 Å². The van der Waals surface area contributed by atoms with Gasteiger partial charge in [-0.1, -0.05) is 6.42 Å². The van der Waals surface area contributed by atoms with Gasteiger partial charge in [0.2, 0.25) is 0 Å². The van der Waals surface area contributed by atoms with E-state index in [2.05, 4.69) is 34.4 Å². The highest BCUT2D eigenvalue weighted by Gasteiger charge is 2.66. The van der Waals surface area contributed by atoms with Crippen molar-refractivity contribution in [2.75, 3.05) is 39.9 Å². The summed E-state index contributed by atoms with van der Waals surface area (Å²) < 4.78 is 11.7. The number of hydrogen-bond donors (Lipinski definition) is 2. The Hall–Kier alpha value is -0.850. The molecule has 6 heteroatoms. The van der Waals surface area contributed by atoms with Gasteiger partial charge in [-0.3, -0.25) is 4.99 Å². The lowest BCUT2D eigenvalue weighted by Crippen LogP contribution is -2.72. The van der Waals surface area contributed by atoms with Crippen LogP contribution in [0.2, 0.25) is 0 Å². The number of nitrogens with zero attached hydrogens (tertiary/aromatic N) is 2. The molecule has 2 heterocycles. The van der Waals surface area contributed by atoms with Crippen molar-refractivity contribution in [2.45, 2.75) is 76.7 Å². The molecule has 0 amide bonds. The van der Waals surface area contributed by atoms with Gasteiger partial charge in [-0.15, -0.1) is 0 Å². The number of guanidine groups is 1. The second-order valence-corrected chi connectivity index (χ2v) is 9.20. The van der Waals surface area contributed by atoms with Crippen LogP contribution in [0, 0.1) is 11.3 Å². The van der Waals surface area contributed by atoms with Gasteiger partial charge in [-0.05, 0) is 46.0 Å². The SMILES string of the molecule is CN=C(NC1CCN(CCOC(C)C)CC1)NC1C2CCOC2C12CCC2. The lowest BCUT2D eigenvalue weighted by atomic mass is 9.46. The average molecular weight is 379 g/mol. The molecule has 4 fully saturated rings. The minimum atomic E-state index is 0.328. The summed E-state index contributed by atoms with van der Waals surface area (Å²) in [5, 5.41) is 7.50. The summed E-state index contributed by atoms with van der Waals surface area (Å²) in [5.74, 6) is 1.69. The fraction of sp³-hybridized carbons (Fsp3) is 0.952. The van der Waals surface area contributed by atoms with E-state index in [1.807, 2.05) is 7.05 Å². The fourth-order valence-corrected chi connectivity index (χ4v) is 5.69. The predicted molar refractivity (Wildman–Crippen MR) is 108 cm³/mol. The number of nitrogens with one attached hydrogen (secondary N) is 2. The molecule has 0 aromatic carbocycles. The van der Waals surface area contributed by atoms with Gasteiger partial charge in [0, 0.05) is 56.7 Å². The Morgan fingerprint density at radius 2 is 2.00 bits per heavy atom. The number of rotatable bonds is 6. The second-order valence-electron chi connectivity index (χ2n) is 9.20. The van der Waals surface area contributed by atoms with Crippen LogP contribution < -0.4 is 10.6 Å². The molecule has 0 radical (unpaired) electrons. The van der Waals surface area contributed by atoms with Gasteiger partial charge in [0.15, 0.2) is 5.96 Å². The first-order valence-corrected chi connectivity index (χ1v) is 11.1. The topological polar surface area (TPSA) is 58.1 Å². The molecule has 27 heavy (non-hydrogen) atoms. The number of fused-ring (bicyclic) bond motifs is 2. The minimum Gasteiger partial charge on any atom is -0.377 e. The van der Waals surface area contributed by atoms with Gasteiger partial charge in [-0.25, -0.2) is 0 Å². The van der Waals surface area contributed by atoms with E-state index in [0.717, 1.165) is 38.8 Å². The molecule has 0 aromatic heterocycles. The molecule has 2 aliphatic carbocycles. The van der Waals surface area contributed by atoms with Crippen molar-refractivity contribution in [3.8, 4) is 0 Å². The van der Waals surface area contributed by atoms with Crippen molar-refractivity contribution in [3.63, 3.8) is 0 Å².